The number of pyridine rings is 4. The van der Waals surface area contributed by atoms with Crippen molar-refractivity contribution in [2.24, 2.45) is 0 Å². The van der Waals surface area contributed by atoms with Gasteiger partial charge in [0.25, 0.3) is 0 Å². The largest absolute Gasteiger partial charge is 0.255 e. The van der Waals surface area contributed by atoms with E-state index in [2.05, 4.69) is 180 Å². The molecule has 0 saturated heterocycles. The highest BCUT2D eigenvalue weighted by Crippen LogP contribution is 2.63. The van der Waals surface area contributed by atoms with Gasteiger partial charge in [0.05, 0.1) is 39.4 Å². The third kappa shape index (κ3) is 5.57. The highest BCUT2D eigenvalue weighted by atomic mass is 32.2. The fourth-order valence-corrected chi connectivity index (χ4v) is 11.6. The molecule has 5 heterocycles. The third-order valence-electron chi connectivity index (χ3n) is 13.1. The van der Waals surface area contributed by atoms with Gasteiger partial charge in [0.15, 0.2) is 0 Å². The van der Waals surface area contributed by atoms with Crippen molar-refractivity contribution >= 4 is 33.4 Å². The van der Waals surface area contributed by atoms with Crippen LogP contribution in [0.25, 0.3) is 89.1 Å². The van der Waals surface area contributed by atoms with Crippen molar-refractivity contribution in [3.05, 3.63) is 241 Å². The highest BCUT2D eigenvalue weighted by molar-refractivity contribution is 7.99. The van der Waals surface area contributed by atoms with Crippen molar-refractivity contribution < 1.29 is 0 Å². The minimum atomic E-state index is -0.444. The zero-order chi connectivity index (χ0) is 42.2. The maximum absolute atomic E-state index is 5.41. The zero-order valence-corrected chi connectivity index (χ0v) is 35.3. The zero-order valence-electron chi connectivity index (χ0n) is 34.5. The Bertz CT molecular complexity index is 3520. The lowest BCUT2D eigenvalue weighted by molar-refractivity contribution is 0.726. The summed E-state index contributed by atoms with van der Waals surface area (Å²) in [5, 5.41) is 3.58. The fraction of sp³-hybridized carbons (Fsp3) is 0.0169. The van der Waals surface area contributed by atoms with E-state index >= 15 is 0 Å². The van der Waals surface area contributed by atoms with Gasteiger partial charge in [-0.2, -0.15) is 0 Å². The van der Waals surface area contributed by atoms with Crippen LogP contribution in [-0.2, 0) is 5.41 Å². The summed E-state index contributed by atoms with van der Waals surface area (Å²) >= 11 is 1.90. The minimum Gasteiger partial charge on any atom is -0.255 e. The number of rotatable bonds is 5. The predicted molar refractivity (Wildman–Crippen MR) is 261 cm³/mol. The molecule has 7 aromatic carbocycles. The second kappa shape index (κ2) is 14.6. The smallest absolute Gasteiger partial charge is 0.0900 e. The predicted octanol–water partition coefficient (Wildman–Crippen LogP) is 14.7. The van der Waals surface area contributed by atoms with Gasteiger partial charge in [-0.25, -0.2) is 9.97 Å². The van der Waals surface area contributed by atoms with Crippen molar-refractivity contribution in [2.75, 3.05) is 0 Å². The number of nitrogens with zero attached hydrogens (tertiary/aromatic N) is 4. The van der Waals surface area contributed by atoms with Gasteiger partial charge in [0.1, 0.15) is 0 Å². The van der Waals surface area contributed by atoms with E-state index in [0.29, 0.717) is 0 Å². The number of fused-ring (bicyclic) bond motifs is 13. The Morgan fingerprint density at radius 2 is 0.891 bits per heavy atom. The summed E-state index contributed by atoms with van der Waals surface area (Å²) in [5.74, 6) is 0. The fourth-order valence-electron chi connectivity index (χ4n) is 10.2. The molecule has 1 spiro atoms. The van der Waals surface area contributed by atoms with Crippen molar-refractivity contribution in [3.63, 3.8) is 0 Å². The molecule has 11 aromatic rings. The molecule has 64 heavy (non-hydrogen) atoms. The van der Waals surface area contributed by atoms with Gasteiger partial charge in [0, 0.05) is 43.9 Å². The molecule has 4 nitrogen and oxygen atoms in total. The van der Waals surface area contributed by atoms with E-state index in [-0.39, 0.29) is 0 Å². The Morgan fingerprint density at radius 3 is 1.52 bits per heavy atom. The summed E-state index contributed by atoms with van der Waals surface area (Å²) in [5.41, 5.74) is 18.3. The van der Waals surface area contributed by atoms with Crippen LogP contribution in [0.5, 0.6) is 0 Å². The Kier molecular flexibility index (Phi) is 8.33. The first kappa shape index (κ1) is 36.6. The first-order chi connectivity index (χ1) is 31.7. The maximum atomic E-state index is 5.41. The van der Waals surface area contributed by atoms with Gasteiger partial charge in [-0.1, -0.05) is 169 Å². The van der Waals surface area contributed by atoms with Crippen LogP contribution >= 0.6 is 11.8 Å². The van der Waals surface area contributed by atoms with Crippen molar-refractivity contribution in [1.29, 1.82) is 0 Å². The molecule has 298 valence electrons. The third-order valence-corrected chi connectivity index (χ3v) is 14.3. The molecule has 4 aromatic heterocycles. The topological polar surface area (TPSA) is 51.6 Å². The lowest BCUT2D eigenvalue weighted by Crippen LogP contribution is -2.32. The van der Waals surface area contributed by atoms with E-state index < -0.39 is 5.41 Å². The van der Waals surface area contributed by atoms with Gasteiger partial charge in [-0.15, -0.1) is 0 Å². The number of hydrogen-bond donors (Lipinski definition) is 0. The van der Waals surface area contributed by atoms with E-state index in [0.717, 1.165) is 67.2 Å². The monoisotopic (exact) mass is 832 g/mol. The molecule has 0 N–H and O–H groups in total. The molecule has 0 unspecified atom stereocenters. The van der Waals surface area contributed by atoms with Gasteiger partial charge in [-0.3, -0.25) is 9.97 Å². The number of benzene rings is 7. The van der Waals surface area contributed by atoms with Crippen LogP contribution in [0.1, 0.15) is 22.3 Å². The number of hydrogen-bond acceptors (Lipinski definition) is 5. The second-order valence-corrected chi connectivity index (χ2v) is 17.5. The normalized spacial score (nSPS) is 13.1. The first-order valence-electron chi connectivity index (χ1n) is 21.6. The average molecular weight is 833 g/mol. The van der Waals surface area contributed by atoms with E-state index in [9.17, 15) is 0 Å². The molecule has 0 fully saturated rings. The molecule has 0 saturated carbocycles. The summed E-state index contributed by atoms with van der Waals surface area (Å²) in [6.07, 6.45) is 3.61. The Morgan fingerprint density at radius 1 is 0.359 bits per heavy atom. The highest BCUT2D eigenvalue weighted by Gasteiger charge is 2.50. The standard InChI is InChI=1S/C59H36N4S/c1-4-16-46-42(13-1)43-14-2-5-17-47(43)59(46)48-18-6-8-22-55(48)64-58-49(59)32-31-45-56(58)44-15-3-7-19-50(44)63-57(45)40-29-27-38(28-30-40)37-23-25-39(26-24-37)41-35-53(51-20-9-11-33-60-51)62-54(36-41)52-21-10-12-34-61-52/h1-36H. The molecule has 1 aliphatic carbocycles. The first-order valence-corrected chi connectivity index (χ1v) is 22.4. The van der Waals surface area contributed by atoms with Gasteiger partial charge in [0.2, 0.25) is 0 Å². The summed E-state index contributed by atoms with van der Waals surface area (Å²) in [4.78, 5) is 22.2. The van der Waals surface area contributed by atoms with Gasteiger partial charge in [-0.05, 0) is 104 Å². The SMILES string of the molecule is c1ccc(-c2cc(-c3ccc(-c4ccc(-c5nc6ccccc6c6c7c(ccc56)C5(c6ccccc6S7)c6ccccc6-c6ccccc65)cc4)cc3)cc(-c3ccccn3)n2)nc1. The van der Waals surface area contributed by atoms with E-state index in [1.54, 1.807) is 12.4 Å². The summed E-state index contributed by atoms with van der Waals surface area (Å²) in [6.45, 7) is 0. The van der Waals surface area contributed by atoms with Crippen LogP contribution in [0.15, 0.2) is 228 Å². The van der Waals surface area contributed by atoms with Crippen molar-refractivity contribution in [1.82, 2.24) is 19.9 Å². The Balaban J connectivity index is 0.918. The summed E-state index contributed by atoms with van der Waals surface area (Å²) in [7, 11) is 0. The quantitative estimate of drug-likeness (QED) is 0.162. The minimum absolute atomic E-state index is 0.444. The summed E-state index contributed by atoms with van der Waals surface area (Å²) in [6, 6.07) is 74.2. The molecule has 1 aliphatic heterocycles. The molecular weight excluding hydrogens is 797 g/mol. The van der Waals surface area contributed by atoms with Crippen molar-refractivity contribution in [3.8, 4) is 67.4 Å². The number of aromatic nitrogens is 4. The molecule has 0 radical (unpaired) electrons. The molecular formula is C59H36N4S. The Labute approximate surface area is 375 Å². The molecule has 0 amide bonds. The summed E-state index contributed by atoms with van der Waals surface area (Å²) < 4.78 is 0. The van der Waals surface area contributed by atoms with Crippen LogP contribution in [0.2, 0.25) is 0 Å². The molecule has 2 aliphatic rings. The Hall–Kier alpha value is -7.99. The van der Waals surface area contributed by atoms with Crippen LogP contribution in [-0.4, -0.2) is 19.9 Å². The van der Waals surface area contributed by atoms with E-state index in [1.165, 1.54) is 53.9 Å². The van der Waals surface area contributed by atoms with Crippen LogP contribution in [0.3, 0.4) is 0 Å². The van der Waals surface area contributed by atoms with E-state index in [1.807, 2.05) is 48.2 Å². The van der Waals surface area contributed by atoms with Crippen LogP contribution in [0.4, 0.5) is 0 Å². The average Bonchev–Trinajstić information content (AvgIpc) is 3.67. The lowest BCUT2D eigenvalue weighted by atomic mass is 9.67. The van der Waals surface area contributed by atoms with Crippen molar-refractivity contribution in [2.45, 2.75) is 15.2 Å². The molecule has 0 bridgehead atoms. The van der Waals surface area contributed by atoms with Crippen LogP contribution in [0, 0.1) is 0 Å². The van der Waals surface area contributed by atoms with Gasteiger partial charge >= 0.3 is 0 Å². The number of para-hydroxylation sites is 1. The second-order valence-electron chi connectivity index (χ2n) is 16.5. The van der Waals surface area contributed by atoms with E-state index in [4.69, 9.17) is 9.97 Å². The molecule has 0 atom stereocenters. The van der Waals surface area contributed by atoms with Crippen LogP contribution < -0.4 is 0 Å². The lowest BCUT2D eigenvalue weighted by Gasteiger charge is -2.40. The molecule has 5 heteroatoms. The van der Waals surface area contributed by atoms with Gasteiger partial charge < -0.3 is 0 Å². The maximum Gasteiger partial charge on any atom is 0.0900 e. The molecule has 13 rings (SSSR count).